The van der Waals surface area contributed by atoms with Crippen LogP contribution < -0.4 is 11.2 Å². The number of aromatic carboxylic acids is 1. The molecule has 140 valence electrons. The maximum atomic E-state index is 14.3. The van der Waals surface area contributed by atoms with Gasteiger partial charge in [-0.05, 0) is 12.1 Å². The summed E-state index contributed by atoms with van der Waals surface area (Å²) in [5, 5.41) is 18.0. The van der Waals surface area contributed by atoms with Crippen molar-refractivity contribution in [3.63, 3.8) is 0 Å². The second-order valence-corrected chi connectivity index (χ2v) is 5.58. The molecule has 27 heavy (non-hydrogen) atoms. The minimum Gasteiger partial charge on any atom is -0.477 e. The zero-order chi connectivity index (χ0) is 20.0. The Morgan fingerprint density at radius 3 is 2.33 bits per heavy atom. The Morgan fingerprint density at radius 2 is 1.74 bits per heavy atom. The summed E-state index contributed by atoms with van der Waals surface area (Å²) in [7, 11) is 0. The molecule has 0 fully saturated rings. The number of hydrogen-bond donors (Lipinski definition) is 3. The number of fused-ring (bicyclic) bond motifs is 1. The number of aliphatic hydroxyl groups excluding tert-OH is 1. The van der Waals surface area contributed by atoms with Gasteiger partial charge in [0.25, 0.3) is 0 Å². The lowest BCUT2D eigenvalue weighted by atomic mass is 10.0. The number of hydrogen-bond acceptors (Lipinski definition) is 4. The molecule has 3 rings (SSSR count). The molecule has 0 radical (unpaired) electrons. The van der Waals surface area contributed by atoms with E-state index in [1.807, 2.05) is 0 Å². The number of carboxylic acids is 1. The number of carboxylic acid groups (broad SMARTS) is 1. The zero-order valence-corrected chi connectivity index (χ0v) is 13.3. The summed E-state index contributed by atoms with van der Waals surface area (Å²) < 4.78 is 56.4. The second-order valence-electron chi connectivity index (χ2n) is 5.58. The van der Waals surface area contributed by atoms with Crippen LogP contribution in [0.1, 0.15) is 15.9 Å². The highest BCUT2D eigenvalue weighted by atomic mass is 19.2. The van der Waals surface area contributed by atoms with Gasteiger partial charge in [-0.15, -0.1) is 0 Å². The Hall–Kier alpha value is -3.40. The smallest absolute Gasteiger partial charge is 0.341 e. The summed E-state index contributed by atoms with van der Waals surface area (Å²) in [6.07, 6.45) is 0.666. The molecule has 3 aromatic rings. The number of carbonyl (C=O) groups is 1. The molecule has 1 aromatic heterocycles. The van der Waals surface area contributed by atoms with Crippen molar-refractivity contribution in [3.8, 4) is 5.69 Å². The lowest BCUT2D eigenvalue weighted by Crippen LogP contribution is -2.20. The summed E-state index contributed by atoms with van der Waals surface area (Å²) in [6.45, 7) is -1.08. The summed E-state index contributed by atoms with van der Waals surface area (Å²) in [6, 6.07) is 1.65. The molecule has 0 amide bonds. The van der Waals surface area contributed by atoms with Crippen LogP contribution in [0, 0.1) is 23.3 Å². The molecular weight excluding hydrogens is 372 g/mol. The molecule has 0 aliphatic rings. The first-order valence-electron chi connectivity index (χ1n) is 7.32. The average molecular weight is 382 g/mol. The van der Waals surface area contributed by atoms with Crippen LogP contribution in [0.5, 0.6) is 0 Å². The van der Waals surface area contributed by atoms with E-state index in [-0.39, 0.29) is 0 Å². The number of benzene rings is 2. The maximum absolute atomic E-state index is 14.3. The Kier molecular flexibility index (Phi) is 4.36. The normalized spacial score (nSPS) is 11.1. The summed E-state index contributed by atoms with van der Waals surface area (Å²) in [5.74, 6) is -7.02. The van der Waals surface area contributed by atoms with E-state index >= 15 is 0 Å². The number of nitrogens with two attached hydrogens (primary N) is 1. The van der Waals surface area contributed by atoms with E-state index in [1.165, 1.54) is 0 Å². The van der Waals surface area contributed by atoms with E-state index in [0.29, 0.717) is 22.9 Å². The van der Waals surface area contributed by atoms with Gasteiger partial charge in [0, 0.05) is 17.8 Å². The second kappa shape index (κ2) is 6.40. The molecule has 1 heterocycles. The standard InChI is InChI=1S/C17H10F4N2O4/c18-9-2-10(19)13(3-12(9)22)23-4-7(17(26)27)16(25)6-1-11(20)14(21)8(5-24)15(6)23/h1-4,24H,5,22H2,(H,26,27). The van der Waals surface area contributed by atoms with Gasteiger partial charge in [0.05, 0.1) is 28.9 Å². The van der Waals surface area contributed by atoms with Crippen LogP contribution in [0.3, 0.4) is 0 Å². The number of nitrogen functional groups attached to an aromatic ring is 1. The lowest BCUT2D eigenvalue weighted by molar-refractivity contribution is 0.0695. The Balaban J connectivity index is 2.61. The fraction of sp³-hybridized carbons (Fsp3) is 0.0588. The Labute approximate surface area is 147 Å². The van der Waals surface area contributed by atoms with E-state index in [9.17, 15) is 37.4 Å². The molecule has 6 nitrogen and oxygen atoms in total. The molecule has 0 aliphatic carbocycles. The van der Waals surface area contributed by atoms with Crippen LogP contribution in [0.15, 0.2) is 29.2 Å². The van der Waals surface area contributed by atoms with Gasteiger partial charge in [0.2, 0.25) is 5.43 Å². The fourth-order valence-corrected chi connectivity index (χ4v) is 2.74. The zero-order valence-electron chi connectivity index (χ0n) is 13.3. The molecule has 0 atom stereocenters. The van der Waals surface area contributed by atoms with Gasteiger partial charge in [0.15, 0.2) is 11.6 Å². The van der Waals surface area contributed by atoms with Crippen LogP contribution in [-0.2, 0) is 6.61 Å². The van der Waals surface area contributed by atoms with E-state index in [4.69, 9.17) is 5.73 Å². The van der Waals surface area contributed by atoms with Crippen molar-refractivity contribution in [2.24, 2.45) is 0 Å². The third-order valence-electron chi connectivity index (χ3n) is 3.99. The van der Waals surface area contributed by atoms with Crippen molar-refractivity contribution in [2.45, 2.75) is 6.61 Å². The van der Waals surface area contributed by atoms with Gasteiger partial charge < -0.3 is 20.5 Å². The molecule has 2 aromatic carbocycles. The lowest BCUT2D eigenvalue weighted by Gasteiger charge is -2.17. The number of aromatic nitrogens is 1. The predicted molar refractivity (Wildman–Crippen MR) is 86.7 cm³/mol. The number of aliphatic hydroxyl groups is 1. The van der Waals surface area contributed by atoms with Crippen molar-refractivity contribution in [1.82, 2.24) is 4.57 Å². The highest BCUT2D eigenvalue weighted by Gasteiger charge is 2.23. The molecule has 0 spiro atoms. The first-order valence-corrected chi connectivity index (χ1v) is 7.32. The number of nitrogens with zero attached hydrogens (tertiary/aromatic N) is 1. The van der Waals surface area contributed by atoms with Gasteiger partial charge in [-0.3, -0.25) is 4.79 Å². The minimum atomic E-state index is -1.71. The molecule has 0 aliphatic heterocycles. The van der Waals surface area contributed by atoms with Crippen molar-refractivity contribution in [2.75, 3.05) is 5.73 Å². The van der Waals surface area contributed by atoms with Gasteiger partial charge in [-0.1, -0.05) is 0 Å². The third-order valence-corrected chi connectivity index (χ3v) is 3.99. The molecule has 10 heteroatoms. The summed E-state index contributed by atoms with van der Waals surface area (Å²) >= 11 is 0. The fourth-order valence-electron chi connectivity index (χ4n) is 2.74. The van der Waals surface area contributed by atoms with Gasteiger partial charge in [0.1, 0.15) is 17.2 Å². The molecule has 4 N–H and O–H groups in total. The topological polar surface area (TPSA) is 106 Å². The van der Waals surface area contributed by atoms with Crippen LogP contribution in [0.4, 0.5) is 23.2 Å². The number of pyridine rings is 1. The molecule has 0 unspecified atom stereocenters. The maximum Gasteiger partial charge on any atom is 0.341 e. The largest absolute Gasteiger partial charge is 0.477 e. The van der Waals surface area contributed by atoms with Crippen molar-refractivity contribution in [1.29, 1.82) is 0 Å². The van der Waals surface area contributed by atoms with Crippen molar-refractivity contribution >= 4 is 22.6 Å². The summed E-state index contributed by atoms with van der Waals surface area (Å²) in [5.41, 5.74) is 1.14. The van der Waals surface area contributed by atoms with E-state index in [0.717, 1.165) is 6.07 Å². The highest BCUT2D eigenvalue weighted by molar-refractivity contribution is 5.94. The van der Waals surface area contributed by atoms with Gasteiger partial charge >= 0.3 is 5.97 Å². The first-order chi connectivity index (χ1) is 12.7. The predicted octanol–water partition coefficient (Wildman–Crippen LogP) is 2.32. The minimum absolute atomic E-state index is 0.410. The van der Waals surface area contributed by atoms with Crippen LogP contribution in [0.25, 0.3) is 16.6 Å². The Morgan fingerprint density at radius 1 is 1.07 bits per heavy atom. The highest BCUT2D eigenvalue weighted by Crippen LogP contribution is 2.28. The van der Waals surface area contributed by atoms with Crippen molar-refractivity contribution in [3.05, 3.63) is 69.0 Å². The van der Waals surface area contributed by atoms with Crippen LogP contribution >= 0.6 is 0 Å². The number of halogens is 4. The van der Waals surface area contributed by atoms with Crippen LogP contribution in [-0.4, -0.2) is 20.7 Å². The van der Waals surface area contributed by atoms with E-state index < -0.39 is 74.7 Å². The molecule has 0 saturated heterocycles. The monoisotopic (exact) mass is 382 g/mol. The average Bonchev–Trinajstić information content (AvgIpc) is 2.60. The molecular formula is C17H10F4N2O4. The number of rotatable bonds is 3. The SMILES string of the molecule is Nc1cc(-n2cc(C(=O)O)c(=O)c3cc(F)c(F)c(CO)c32)c(F)cc1F. The van der Waals surface area contributed by atoms with E-state index in [1.54, 1.807) is 0 Å². The van der Waals surface area contributed by atoms with Crippen molar-refractivity contribution < 1.29 is 32.6 Å². The van der Waals surface area contributed by atoms with Crippen LogP contribution in [0.2, 0.25) is 0 Å². The molecule has 0 bridgehead atoms. The quantitative estimate of drug-likeness (QED) is 0.476. The number of anilines is 1. The first kappa shape index (κ1) is 18.4. The summed E-state index contributed by atoms with van der Waals surface area (Å²) in [4.78, 5) is 23.7. The van der Waals surface area contributed by atoms with E-state index in [2.05, 4.69) is 0 Å². The molecule has 0 saturated carbocycles. The Bertz CT molecular complexity index is 1170. The third kappa shape index (κ3) is 2.79. The van der Waals surface area contributed by atoms with Gasteiger partial charge in [-0.2, -0.15) is 0 Å². The van der Waals surface area contributed by atoms with Gasteiger partial charge in [-0.25, -0.2) is 22.4 Å².